The van der Waals surface area contributed by atoms with Gasteiger partial charge >= 0.3 is 0 Å². The van der Waals surface area contributed by atoms with Gasteiger partial charge in [-0.05, 0) is 66.9 Å². The lowest BCUT2D eigenvalue weighted by atomic mass is 10.1. The summed E-state index contributed by atoms with van der Waals surface area (Å²) < 4.78 is 15.4. The lowest BCUT2D eigenvalue weighted by Crippen LogP contribution is -2.25. The van der Waals surface area contributed by atoms with Gasteiger partial charge in [-0.1, -0.05) is 23.9 Å². The highest BCUT2D eigenvalue weighted by molar-refractivity contribution is 7.98. The average molecular weight is 490 g/mol. The van der Waals surface area contributed by atoms with E-state index in [0.717, 1.165) is 18.4 Å². The molecule has 1 N–H and O–H groups in total. The number of halogens is 1. The van der Waals surface area contributed by atoms with Crippen LogP contribution in [0.15, 0.2) is 78.0 Å². The van der Waals surface area contributed by atoms with Gasteiger partial charge in [-0.15, -0.1) is 10.2 Å². The van der Waals surface area contributed by atoms with Crippen molar-refractivity contribution in [2.45, 2.75) is 29.8 Å². The van der Waals surface area contributed by atoms with E-state index in [0.29, 0.717) is 39.6 Å². The zero-order valence-corrected chi connectivity index (χ0v) is 19.2. The Balaban J connectivity index is 1.39. The normalized spacial score (nSPS) is 12.9. The van der Waals surface area contributed by atoms with Crippen LogP contribution in [0.25, 0.3) is 17.1 Å². The molecule has 35 heavy (non-hydrogen) atoms. The molecule has 1 aliphatic rings. The number of hydrogen-bond acceptors (Lipinski definition) is 6. The minimum atomic E-state index is -0.462. The molecule has 176 valence electrons. The number of carbonyl (C=O) groups excluding carboxylic acids is 1. The van der Waals surface area contributed by atoms with Crippen molar-refractivity contribution in [2.24, 2.45) is 0 Å². The largest absolute Gasteiger partial charge is 0.349 e. The first kappa shape index (κ1) is 22.7. The Morgan fingerprint density at radius 3 is 2.34 bits per heavy atom. The van der Waals surface area contributed by atoms with Crippen LogP contribution in [0.4, 0.5) is 10.1 Å². The summed E-state index contributed by atoms with van der Waals surface area (Å²) in [6.07, 6.45) is 2.08. The number of nitrogens with zero attached hydrogens (tertiary/aromatic N) is 4. The molecule has 1 aromatic heterocycles. The number of amides is 1. The van der Waals surface area contributed by atoms with Gasteiger partial charge in [0.2, 0.25) is 0 Å². The van der Waals surface area contributed by atoms with Gasteiger partial charge in [0, 0.05) is 40.7 Å². The van der Waals surface area contributed by atoms with Crippen LogP contribution in [-0.4, -0.2) is 31.6 Å². The van der Waals surface area contributed by atoms with Gasteiger partial charge in [-0.25, -0.2) is 4.39 Å². The summed E-state index contributed by atoms with van der Waals surface area (Å²) in [5.41, 5.74) is 2.92. The van der Waals surface area contributed by atoms with Crippen LogP contribution in [0.5, 0.6) is 0 Å². The molecule has 0 unspecified atom stereocenters. The maximum absolute atomic E-state index is 13.6. The van der Waals surface area contributed by atoms with Crippen molar-refractivity contribution in [1.29, 1.82) is 0 Å². The Morgan fingerprint density at radius 2 is 1.71 bits per heavy atom. The first-order valence-corrected chi connectivity index (χ1v) is 12.0. The predicted molar refractivity (Wildman–Crippen MR) is 130 cm³/mol. The number of nitro benzene ring substituents is 1. The maximum Gasteiger partial charge on any atom is 0.269 e. The molecule has 3 aromatic carbocycles. The quantitative estimate of drug-likeness (QED) is 0.208. The van der Waals surface area contributed by atoms with Crippen molar-refractivity contribution in [3.63, 3.8) is 0 Å². The maximum atomic E-state index is 13.6. The van der Waals surface area contributed by atoms with Crippen LogP contribution in [0, 0.1) is 15.9 Å². The summed E-state index contributed by atoms with van der Waals surface area (Å²) in [6, 6.07) is 19.8. The van der Waals surface area contributed by atoms with Gasteiger partial charge in [0.05, 0.1) is 4.92 Å². The molecule has 0 aliphatic heterocycles. The highest BCUT2D eigenvalue weighted by atomic mass is 32.2. The van der Waals surface area contributed by atoms with Crippen molar-refractivity contribution in [2.75, 3.05) is 0 Å². The summed E-state index contributed by atoms with van der Waals surface area (Å²) in [4.78, 5) is 22.8. The monoisotopic (exact) mass is 489 g/mol. The zero-order valence-electron chi connectivity index (χ0n) is 18.4. The molecule has 5 rings (SSSR count). The van der Waals surface area contributed by atoms with Crippen molar-refractivity contribution in [1.82, 2.24) is 20.1 Å². The summed E-state index contributed by atoms with van der Waals surface area (Å²) in [5, 5.41) is 23.2. The molecule has 0 radical (unpaired) electrons. The standard InChI is InChI=1S/C25H20FN5O3S/c26-19-7-13-21(14-8-19)30-23(17-5-11-22(12-6-17)31(33)34)28-29-25(30)35-15-16-1-3-18(4-2-16)24(32)27-20-9-10-20/h1-8,11-14,20H,9-10,15H2,(H,27,32). The topological polar surface area (TPSA) is 103 Å². The van der Waals surface area contributed by atoms with E-state index in [1.807, 2.05) is 12.1 Å². The fraction of sp³-hybridized carbons (Fsp3) is 0.160. The van der Waals surface area contributed by atoms with Crippen molar-refractivity contribution in [3.05, 3.63) is 99.9 Å². The SMILES string of the molecule is O=C(NC1CC1)c1ccc(CSc2nnc(-c3ccc([N+](=O)[O-])cc3)n2-c2ccc(F)cc2)cc1. The Bertz CT molecular complexity index is 1370. The number of aromatic nitrogens is 3. The molecule has 0 saturated heterocycles. The zero-order chi connectivity index (χ0) is 24.4. The van der Waals surface area contributed by atoms with Crippen LogP contribution in [0.2, 0.25) is 0 Å². The fourth-order valence-electron chi connectivity index (χ4n) is 3.50. The Kier molecular flexibility index (Phi) is 6.28. The van der Waals surface area contributed by atoms with E-state index in [9.17, 15) is 19.3 Å². The van der Waals surface area contributed by atoms with Gasteiger partial charge < -0.3 is 5.32 Å². The summed E-state index contributed by atoms with van der Waals surface area (Å²) in [6.45, 7) is 0. The molecular weight excluding hydrogens is 469 g/mol. The van der Waals surface area contributed by atoms with Crippen LogP contribution in [0.1, 0.15) is 28.8 Å². The summed E-state index contributed by atoms with van der Waals surface area (Å²) in [5.74, 6) is 0.639. The first-order valence-electron chi connectivity index (χ1n) is 11.0. The highest BCUT2D eigenvalue weighted by Crippen LogP contribution is 2.31. The van der Waals surface area contributed by atoms with Crippen molar-refractivity contribution in [3.8, 4) is 17.1 Å². The first-order chi connectivity index (χ1) is 17.0. The van der Waals surface area contributed by atoms with Crippen LogP contribution in [-0.2, 0) is 5.75 Å². The Morgan fingerprint density at radius 1 is 1.03 bits per heavy atom. The number of nitro groups is 1. The van der Waals surface area contributed by atoms with Crippen LogP contribution in [0.3, 0.4) is 0 Å². The molecule has 8 nitrogen and oxygen atoms in total. The molecule has 10 heteroatoms. The molecule has 1 amide bonds. The van der Waals surface area contributed by atoms with E-state index in [2.05, 4.69) is 15.5 Å². The predicted octanol–water partition coefficient (Wildman–Crippen LogP) is 5.17. The van der Waals surface area contributed by atoms with E-state index in [4.69, 9.17) is 0 Å². The number of carbonyl (C=O) groups is 1. The number of benzene rings is 3. The van der Waals surface area contributed by atoms with Crippen molar-refractivity contribution >= 4 is 23.4 Å². The third-order valence-corrected chi connectivity index (χ3v) is 6.55. The van der Waals surface area contributed by atoms with Gasteiger partial charge in [0.25, 0.3) is 11.6 Å². The second-order valence-electron chi connectivity index (χ2n) is 8.16. The second kappa shape index (κ2) is 9.67. The molecule has 4 aromatic rings. The fourth-order valence-corrected chi connectivity index (χ4v) is 4.41. The van der Waals surface area contributed by atoms with Gasteiger partial charge in [-0.2, -0.15) is 0 Å². The molecule has 0 bridgehead atoms. The molecular formula is C25H20FN5O3S. The third-order valence-electron chi connectivity index (χ3n) is 5.55. The van der Waals surface area contributed by atoms with Crippen molar-refractivity contribution < 1.29 is 14.1 Å². The minimum Gasteiger partial charge on any atom is -0.349 e. The molecule has 0 atom stereocenters. The Labute approximate surface area is 204 Å². The number of non-ortho nitro benzene ring substituents is 1. The van der Waals surface area contributed by atoms with Crippen LogP contribution < -0.4 is 5.32 Å². The lowest BCUT2D eigenvalue weighted by Gasteiger charge is -2.11. The van der Waals surface area contributed by atoms with E-state index < -0.39 is 4.92 Å². The third kappa shape index (κ3) is 5.22. The molecule has 1 heterocycles. The van der Waals surface area contributed by atoms with Gasteiger partial charge in [0.15, 0.2) is 11.0 Å². The minimum absolute atomic E-state index is 0.0227. The molecule has 1 aliphatic carbocycles. The van der Waals surface area contributed by atoms with E-state index in [1.165, 1.54) is 36.0 Å². The smallest absolute Gasteiger partial charge is 0.269 e. The van der Waals surface area contributed by atoms with E-state index in [1.54, 1.807) is 41.0 Å². The summed E-state index contributed by atoms with van der Waals surface area (Å²) >= 11 is 1.44. The van der Waals surface area contributed by atoms with Gasteiger partial charge in [0.1, 0.15) is 5.82 Å². The average Bonchev–Trinajstić information content (AvgIpc) is 3.59. The number of thioether (sulfide) groups is 1. The lowest BCUT2D eigenvalue weighted by molar-refractivity contribution is -0.384. The number of rotatable bonds is 8. The molecule has 1 saturated carbocycles. The highest BCUT2D eigenvalue weighted by Gasteiger charge is 2.23. The van der Waals surface area contributed by atoms with Gasteiger partial charge in [-0.3, -0.25) is 19.5 Å². The van der Waals surface area contributed by atoms with Crippen LogP contribution >= 0.6 is 11.8 Å². The van der Waals surface area contributed by atoms with E-state index >= 15 is 0 Å². The molecule has 1 fully saturated rings. The second-order valence-corrected chi connectivity index (χ2v) is 9.10. The molecule has 0 spiro atoms. The number of hydrogen-bond donors (Lipinski definition) is 1. The summed E-state index contributed by atoms with van der Waals surface area (Å²) in [7, 11) is 0. The Hall–Kier alpha value is -4.05. The number of nitrogens with one attached hydrogen (secondary N) is 1. The van der Waals surface area contributed by atoms with E-state index in [-0.39, 0.29) is 17.4 Å².